The third-order valence-corrected chi connectivity index (χ3v) is 1.82. The monoisotopic (exact) mass is 257 g/mol. The zero-order valence-electron chi connectivity index (χ0n) is 8.73. The zero-order valence-corrected chi connectivity index (χ0v) is 8.73. The molecule has 0 amide bonds. The number of halogens is 3. The summed E-state index contributed by atoms with van der Waals surface area (Å²) >= 11 is 0. The second-order valence-corrected chi connectivity index (χ2v) is 3.04. The topological polar surface area (TPSA) is 70.3 Å². The quantitative estimate of drug-likeness (QED) is 0.841. The molecule has 0 aliphatic heterocycles. The first-order valence-corrected chi connectivity index (χ1v) is 4.53. The molecule has 18 heavy (non-hydrogen) atoms. The zero-order chi connectivity index (χ0) is 13.7. The Morgan fingerprint density at radius 2 is 2.17 bits per heavy atom. The number of hydrogen-bond donors (Lipinski definition) is 1. The van der Waals surface area contributed by atoms with E-state index in [0.717, 1.165) is 24.3 Å². The molecule has 0 fully saturated rings. The lowest BCUT2D eigenvalue weighted by Gasteiger charge is -2.07. The first kappa shape index (κ1) is 13.6. The van der Waals surface area contributed by atoms with Crippen LogP contribution in [0.15, 0.2) is 18.2 Å². The van der Waals surface area contributed by atoms with Crippen molar-refractivity contribution in [2.45, 2.75) is 6.61 Å². The molecule has 0 radical (unpaired) electrons. The molecule has 1 N–H and O–H groups in total. The van der Waals surface area contributed by atoms with Gasteiger partial charge in [-0.2, -0.15) is 14.0 Å². The van der Waals surface area contributed by atoms with Crippen LogP contribution in [0, 0.1) is 17.1 Å². The van der Waals surface area contributed by atoms with Crippen molar-refractivity contribution in [3.63, 3.8) is 0 Å². The van der Waals surface area contributed by atoms with Gasteiger partial charge in [0.15, 0.2) is 11.6 Å². The maximum atomic E-state index is 13.4. The number of ether oxygens (including phenoxy) is 1. The molecular formula is C11H6F3NO3. The second kappa shape index (κ2) is 5.72. The Morgan fingerprint density at radius 1 is 1.50 bits per heavy atom. The summed E-state index contributed by atoms with van der Waals surface area (Å²) in [4.78, 5) is 10.3. The fourth-order valence-corrected chi connectivity index (χ4v) is 1.15. The van der Waals surface area contributed by atoms with Crippen molar-refractivity contribution < 1.29 is 27.8 Å². The van der Waals surface area contributed by atoms with Crippen molar-refractivity contribution in [2.75, 3.05) is 0 Å². The fraction of sp³-hybridized carbons (Fsp3) is 0.0909. The van der Waals surface area contributed by atoms with E-state index in [-0.39, 0.29) is 5.56 Å². The van der Waals surface area contributed by atoms with Crippen LogP contribution in [-0.4, -0.2) is 17.7 Å². The molecule has 7 heteroatoms. The van der Waals surface area contributed by atoms with Crippen LogP contribution in [-0.2, 0) is 4.79 Å². The fourth-order valence-electron chi connectivity index (χ4n) is 1.15. The minimum atomic E-state index is -3.25. The standard InChI is InChI=1S/C11H6F3NO3/c12-10-7(5-15)3-6(1-2-9(16)17)4-8(10)18-11(13)14/h1-4,11H,(H,16,17)/b2-1+. The summed E-state index contributed by atoms with van der Waals surface area (Å²) in [5.74, 6) is -3.30. The van der Waals surface area contributed by atoms with Crippen molar-refractivity contribution in [3.05, 3.63) is 35.2 Å². The number of alkyl halides is 2. The lowest BCUT2D eigenvalue weighted by Crippen LogP contribution is -2.05. The third kappa shape index (κ3) is 3.52. The van der Waals surface area contributed by atoms with Crippen molar-refractivity contribution in [2.24, 2.45) is 0 Å². The second-order valence-electron chi connectivity index (χ2n) is 3.04. The van der Waals surface area contributed by atoms with Gasteiger partial charge >= 0.3 is 12.6 Å². The average molecular weight is 257 g/mol. The molecule has 0 aliphatic rings. The summed E-state index contributed by atoms with van der Waals surface area (Å²) < 4.78 is 41.3. The smallest absolute Gasteiger partial charge is 0.387 e. The van der Waals surface area contributed by atoms with E-state index in [0.29, 0.717) is 0 Å². The van der Waals surface area contributed by atoms with Gasteiger partial charge in [0.25, 0.3) is 0 Å². The van der Waals surface area contributed by atoms with Crippen LogP contribution < -0.4 is 4.74 Å². The molecule has 1 rings (SSSR count). The van der Waals surface area contributed by atoms with E-state index in [1.165, 1.54) is 6.07 Å². The number of aliphatic carboxylic acids is 1. The van der Waals surface area contributed by atoms with Crippen LogP contribution in [0.3, 0.4) is 0 Å². The predicted molar refractivity (Wildman–Crippen MR) is 54.4 cm³/mol. The molecule has 1 aromatic carbocycles. The molecule has 0 saturated carbocycles. The van der Waals surface area contributed by atoms with Crippen LogP contribution in [0.1, 0.15) is 11.1 Å². The molecule has 0 spiro atoms. The highest BCUT2D eigenvalue weighted by Crippen LogP contribution is 2.25. The Balaban J connectivity index is 3.22. The summed E-state index contributed by atoms with van der Waals surface area (Å²) in [6.07, 6.45) is 1.75. The normalized spacial score (nSPS) is 10.6. The van der Waals surface area contributed by atoms with E-state index in [1.807, 2.05) is 0 Å². The molecule has 0 bridgehead atoms. The summed E-state index contributed by atoms with van der Waals surface area (Å²) in [7, 11) is 0. The van der Waals surface area contributed by atoms with E-state index >= 15 is 0 Å². The Hall–Kier alpha value is -2.49. The van der Waals surface area contributed by atoms with Gasteiger partial charge in [-0.05, 0) is 23.8 Å². The molecule has 0 heterocycles. The molecule has 0 aromatic heterocycles. The number of carboxylic acid groups (broad SMARTS) is 1. The van der Waals surface area contributed by atoms with Gasteiger partial charge in [-0.3, -0.25) is 0 Å². The van der Waals surface area contributed by atoms with E-state index in [2.05, 4.69) is 4.74 Å². The highest BCUT2D eigenvalue weighted by molar-refractivity contribution is 5.85. The molecule has 0 atom stereocenters. The number of rotatable bonds is 4. The molecule has 0 saturated heterocycles. The SMILES string of the molecule is N#Cc1cc(/C=C/C(=O)O)cc(OC(F)F)c1F. The van der Waals surface area contributed by atoms with Gasteiger partial charge in [-0.1, -0.05) is 0 Å². The molecule has 1 aromatic rings. The molecule has 4 nitrogen and oxygen atoms in total. The number of hydrogen-bond acceptors (Lipinski definition) is 3. The summed E-state index contributed by atoms with van der Waals surface area (Å²) in [6, 6.07) is 3.35. The predicted octanol–water partition coefficient (Wildman–Crippen LogP) is 2.40. The molecule has 0 aliphatic carbocycles. The summed E-state index contributed by atoms with van der Waals surface area (Å²) in [6.45, 7) is -3.25. The maximum Gasteiger partial charge on any atom is 0.387 e. The minimum Gasteiger partial charge on any atom is -0.478 e. The van der Waals surface area contributed by atoms with Crippen LogP contribution in [0.2, 0.25) is 0 Å². The van der Waals surface area contributed by atoms with Crippen molar-refractivity contribution in [1.82, 2.24) is 0 Å². The van der Waals surface area contributed by atoms with E-state index in [1.54, 1.807) is 0 Å². The van der Waals surface area contributed by atoms with Crippen molar-refractivity contribution in [1.29, 1.82) is 5.26 Å². The van der Waals surface area contributed by atoms with Gasteiger partial charge < -0.3 is 9.84 Å². The Bertz CT molecular complexity index is 535. The van der Waals surface area contributed by atoms with Gasteiger partial charge in [0.2, 0.25) is 0 Å². The van der Waals surface area contributed by atoms with Gasteiger partial charge in [0, 0.05) is 6.08 Å². The summed E-state index contributed by atoms with van der Waals surface area (Å²) in [5.41, 5.74) is -0.454. The van der Waals surface area contributed by atoms with Gasteiger partial charge in [0.05, 0.1) is 5.56 Å². The first-order valence-electron chi connectivity index (χ1n) is 4.53. The number of carboxylic acids is 1. The van der Waals surface area contributed by atoms with Crippen LogP contribution >= 0.6 is 0 Å². The summed E-state index contributed by atoms with van der Waals surface area (Å²) in [5, 5.41) is 17.0. The Kier molecular flexibility index (Phi) is 4.32. The van der Waals surface area contributed by atoms with Crippen molar-refractivity contribution in [3.8, 4) is 11.8 Å². The highest BCUT2D eigenvalue weighted by Gasteiger charge is 2.14. The van der Waals surface area contributed by atoms with Crippen LogP contribution in [0.5, 0.6) is 5.75 Å². The number of nitrogens with zero attached hydrogens (tertiary/aromatic N) is 1. The molecular weight excluding hydrogens is 251 g/mol. The van der Waals surface area contributed by atoms with E-state index in [4.69, 9.17) is 10.4 Å². The largest absolute Gasteiger partial charge is 0.478 e. The number of nitriles is 1. The highest BCUT2D eigenvalue weighted by atomic mass is 19.3. The van der Waals surface area contributed by atoms with E-state index in [9.17, 15) is 18.0 Å². The third-order valence-electron chi connectivity index (χ3n) is 1.82. The van der Waals surface area contributed by atoms with Crippen molar-refractivity contribution >= 4 is 12.0 Å². The van der Waals surface area contributed by atoms with Gasteiger partial charge in [-0.25, -0.2) is 9.18 Å². The first-order chi connectivity index (χ1) is 8.43. The number of carbonyl (C=O) groups is 1. The Morgan fingerprint density at radius 3 is 2.67 bits per heavy atom. The lowest BCUT2D eigenvalue weighted by molar-refractivity contribution is -0.131. The maximum absolute atomic E-state index is 13.4. The lowest BCUT2D eigenvalue weighted by atomic mass is 10.1. The minimum absolute atomic E-state index is 0.0611. The Labute approximate surface area is 99.5 Å². The van der Waals surface area contributed by atoms with Crippen LogP contribution in [0.4, 0.5) is 13.2 Å². The average Bonchev–Trinajstić information content (AvgIpc) is 2.29. The van der Waals surface area contributed by atoms with E-state index < -0.39 is 29.7 Å². The molecule has 94 valence electrons. The molecule has 0 unspecified atom stereocenters. The number of benzene rings is 1. The van der Waals surface area contributed by atoms with Gasteiger partial charge in [-0.15, -0.1) is 0 Å². The van der Waals surface area contributed by atoms with Gasteiger partial charge in [0.1, 0.15) is 6.07 Å². The van der Waals surface area contributed by atoms with Crippen LogP contribution in [0.25, 0.3) is 6.08 Å².